The Balaban J connectivity index is 1.79. The maximum absolute atomic E-state index is 14.0. The molecule has 0 atom stereocenters. The Morgan fingerprint density at radius 2 is 1.85 bits per heavy atom. The summed E-state index contributed by atoms with van der Waals surface area (Å²) < 4.78 is 68.0. The van der Waals surface area contributed by atoms with Crippen LogP contribution in [0.1, 0.15) is 37.9 Å². The van der Waals surface area contributed by atoms with Gasteiger partial charge >= 0.3 is 12.1 Å². The summed E-state index contributed by atoms with van der Waals surface area (Å²) in [5.74, 6) is -8.60. The molecule has 0 aliphatic heterocycles. The van der Waals surface area contributed by atoms with Gasteiger partial charge in [-0.05, 0) is 53.2 Å². The largest absolute Gasteiger partial charge is 0.461 e. The number of halogens is 6. The molecule has 0 saturated heterocycles. The fourth-order valence-electron chi connectivity index (χ4n) is 3.65. The molecular weight excluding hydrogens is 567 g/mol. The van der Waals surface area contributed by atoms with Gasteiger partial charge in [0.2, 0.25) is 5.82 Å². The van der Waals surface area contributed by atoms with Crippen molar-refractivity contribution in [2.45, 2.75) is 25.6 Å². The maximum atomic E-state index is 14.0. The lowest BCUT2D eigenvalue weighted by Gasteiger charge is -2.18. The van der Waals surface area contributed by atoms with Crippen molar-refractivity contribution in [3.8, 4) is 5.82 Å². The van der Waals surface area contributed by atoms with E-state index in [0.717, 1.165) is 10.7 Å². The van der Waals surface area contributed by atoms with Gasteiger partial charge in [-0.3, -0.25) is 9.59 Å². The molecule has 3 heterocycles. The third kappa shape index (κ3) is 5.27. The van der Waals surface area contributed by atoms with E-state index < -0.39 is 36.3 Å². The molecule has 0 saturated carbocycles. The first-order valence-electron chi connectivity index (χ1n) is 11.1. The van der Waals surface area contributed by atoms with Gasteiger partial charge < -0.3 is 16.4 Å². The van der Waals surface area contributed by atoms with E-state index in [-0.39, 0.29) is 43.8 Å². The second kappa shape index (κ2) is 10.5. The van der Waals surface area contributed by atoms with Crippen molar-refractivity contribution in [3.63, 3.8) is 0 Å². The van der Waals surface area contributed by atoms with Crippen LogP contribution in [0.2, 0.25) is 5.02 Å². The number of anilines is 2. The molecule has 0 radical (unpaired) electrons. The first-order chi connectivity index (χ1) is 18.7. The van der Waals surface area contributed by atoms with Gasteiger partial charge in [0.1, 0.15) is 5.69 Å². The summed E-state index contributed by atoms with van der Waals surface area (Å²) in [5.41, 5.74) is 6.23. The average Bonchev–Trinajstić information content (AvgIpc) is 3.52. The molecule has 0 aliphatic carbocycles. The SMILES string of the molecule is CNC(=O)c1cc(N)cc(C)c1NC(=O)c1cc(Cn2nnnc2C(F)(F)C(F)(F)F)nn1-c1ncccc1Cl. The fourth-order valence-corrected chi connectivity index (χ4v) is 3.85. The van der Waals surface area contributed by atoms with Crippen LogP contribution in [0.5, 0.6) is 0 Å². The van der Waals surface area contributed by atoms with E-state index in [4.69, 9.17) is 17.3 Å². The van der Waals surface area contributed by atoms with Crippen LogP contribution >= 0.6 is 11.6 Å². The number of rotatable bonds is 7. The van der Waals surface area contributed by atoms with Gasteiger partial charge in [0.15, 0.2) is 5.82 Å². The van der Waals surface area contributed by atoms with Gasteiger partial charge in [-0.2, -0.15) is 27.1 Å². The van der Waals surface area contributed by atoms with E-state index >= 15 is 0 Å². The highest BCUT2D eigenvalue weighted by Crippen LogP contribution is 2.42. The molecular formula is C22H18ClF5N10O2. The number of amides is 2. The number of alkyl halides is 5. The van der Waals surface area contributed by atoms with Crippen LogP contribution in [0.15, 0.2) is 36.5 Å². The molecule has 4 N–H and O–H groups in total. The van der Waals surface area contributed by atoms with Gasteiger partial charge in [-0.15, -0.1) is 5.10 Å². The summed E-state index contributed by atoms with van der Waals surface area (Å²) in [6.45, 7) is 0.812. The number of hydrogen-bond acceptors (Lipinski definition) is 8. The number of aromatic nitrogens is 7. The summed E-state index contributed by atoms with van der Waals surface area (Å²) in [6, 6.07) is 6.89. The van der Waals surface area contributed by atoms with Gasteiger partial charge in [-0.1, -0.05) is 11.6 Å². The Morgan fingerprint density at radius 1 is 1.12 bits per heavy atom. The standard InChI is InChI=1S/C22H18ClF5N10O2/c1-10-6-11(29)7-13(18(39)30-2)16(10)32-19(40)15-8-12(34-38(15)17-14(23)4-3-5-31-17)9-37-20(33-35-36-37)21(24,25)22(26,27)28/h3-8H,9,29H2,1-2H3,(H,30,39)(H,32,40). The summed E-state index contributed by atoms with van der Waals surface area (Å²) in [6.07, 6.45) is -4.63. The predicted molar refractivity (Wildman–Crippen MR) is 130 cm³/mol. The lowest BCUT2D eigenvalue weighted by atomic mass is 10.1. The van der Waals surface area contributed by atoms with Gasteiger partial charge in [0.25, 0.3) is 11.8 Å². The fraction of sp³-hybridized carbons (Fsp3) is 0.227. The zero-order valence-electron chi connectivity index (χ0n) is 20.5. The summed E-state index contributed by atoms with van der Waals surface area (Å²) in [5, 5.41) is 18.2. The second-order valence-corrected chi connectivity index (χ2v) is 8.67. The molecule has 18 heteroatoms. The summed E-state index contributed by atoms with van der Waals surface area (Å²) in [4.78, 5) is 30.0. The monoisotopic (exact) mass is 584 g/mol. The molecule has 0 unspecified atom stereocenters. The van der Waals surface area contributed by atoms with Crippen LogP contribution in [0.25, 0.3) is 5.82 Å². The number of nitrogens with one attached hydrogen (secondary N) is 2. The van der Waals surface area contributed by atoms with Crippen molar-refractivity contribution < 1.29 is 31.5 Å². The van der Waals surface area contributed by atoms with E-state index in [1.807, 2.05) is 0 Å². The van der Waals surface area contributed by atoms with Crippen molar-refractivity contribution in [1.82, 2.24) is 40.3 Å². The lowest BCUT2D eigenvalue weighted by Crippen LogP contribution is -2.36. The van der Waals surface area contributed by atoms with Gasteiger partial charge in [0, 0.05) is 18.9 Å². The minimum atomic E-state index is -5.97. The van der Waals surface area contributed by atoms with Crippen LogP contribution in [0, 0.1) is 6.92 Å². The second-order valence-electron chi connectivity index (χ2n) is 8.27. The molecule has 0 fully saturated rings. The van der Waals surface area contributed by atoms with E-state index in [0.29, 0.717) is 5.56 Å². The molecule has 40 heavy (non-hydrogen) atoms. The summed E-state index contributed by atoms with van der Waals surface area (Å²) in [7, 11) is 1.38. The Morgan fingerprint density at radius 3 is 2.50 bits per heavy atom. The number of hydrogen-bond donors (Lipinski definition) is 3. The Bertz CT molecular complexity index is 1600. The third-order valence-corrected chi connectivity index (χ3v) is 5.78. The van der Waals surface area contributed by atoms with Crippen LogP contribution < -0.4 is 16.4 Å². The van der Waals surface area contributed by atoms with Crippen LogP contribution in [0.3, 0.4) is 0 Å². The van der Waals surface area contributed by atoms with Crippen LogP contribution in [-0.2, 0) is 12.5 Å². The highest BCUT2D eigenvalue weighted by molar-refractivity contribution is 6.32. The van der Waals surface area contributed by atoms with Crippen LogP contribution in [-0.4, -0.2) is 60.0 Å². The Labute approximate surface area is 226 Å². The normalized spacial score (nSPS) is 11.9. The van der Waals surface area contributed by atoms with Crippen molar-refractivity contribution in [2.24, 2.45) is 0 Å². The number of nitrogens with two attached hydrogens (primary N) is 1. The topological polar surface area (TPSA) is 159 Å². The molecule has 3 aromatic heterocycles. The number of carbonyl (C=O) groups excluding carboxylic acids is 2. The van der Waals surface area contributed by atoms with Crippen molar-refractivity contribution in [2.75, 3.05) is 18.1 Å². The van der Waals surface area contributed by atoms with E-state index in [1.54, 1.807) is 6.92 Å². The van der Waals surface area contributed by atoms with E-state index in [2.05, 4.69) is 36.2 Å². The highest BCUT2D eigenvalue weighted by atomic mass is 35.5. The Hall–Kier alpha value is -4.67. The highest BCUT2D eigenvalue weighted by Gasteiger charge is 2.62. The zero-order valence-corrected chi connectivity index (χ0v) is 21.2. The van der Waals surface area contributed by atoms with Gasteiger partial charge in [0.05, 0.1) is 28.5 Å². The van der Waals surface area contributed by atoms with Gasteiger partial charge in [-0.25, -0.2) is 14.3 Å². The predicted octanol–water partition coefficient (Wildman–Crippen LogP) is 3.11. The lowest BCUT2D eigenvalue weighted by molar-refractivity contribution is -0.293. The van der Waals surface area contributed by atoms with Crippen molar-refractivity contribution in [1.29, 1.82) is 0 Å². The number of benzene rings is 1. The number of pyridine rings is 1. The first kappa shape index (κ1) is 28.3. The zero-order chi connectivity index (χ0) is 29.4. The number of tetrazole rings is 1. The average molecular weight is 585 g/mol. The Kier molecular flexibility index (Phi) is 7.42. The molecule has 210 valence electrons. The van der Waals surface area contributed by atoms with Crippen LogP contribution in [0.4, 0.5) is 33.3 Å². The first-order valence-corrected chi connectivity index (χ1v) is 11.5. The minimum Gasteiger partial charge on any atom is -0.399 e. The maximum Gasteiger partial charge on any atom is 0.461 e. The molecule has 0 aliphatic rings. The molecule has 4 rings (SSSR count). The number of nitrogen functional groups attached to an aromatic ring is 1. The van der Waals surface area contributed by atoms with Crippen molar-refractivity contribution in [3.05, 3.63) is 69.9 Å². The smallest absolute Gasteiger partial charge is 0.399 e. The molecule has 1 aromatic carbocycles. The third-order valence-electron chi connectivity index (χ3n) is 5.48. The quantitative estimate of drug-likeness (QED) is 0.221. The minimum absolute atomic E-state index is 0.0348. The van der Waals surface area contributed by atoms with E-state index in [1.165, 1.54) is 37.5 Å². The molecule has 0 bridgehead atoms. The molecule has 0 spiro atoms. The molecule has 2 amide bonds. The number of nitrogens with zero attached hydrogens (tertiary/aromatic N) is 7. The van der Waals surface area contributed by atoms with E-state index in [9.17, 15) is 31.5 Å². The number of carbonyl (C=O) groups is 2. The summed E-state index contributed by atoms with van der Waals surface area (Å²) >= 11 is 6.23. The molecule has 12 nitrogen and oxygen atoms in total. The number of aryl methyl sites for hydroxylation is 1. The van der Waals surface area contributed by atoms with Crippen molar-refractivity contribution >= 4 is 34.8 Å². The molecule has 4 aromatic rings.